The summed E-state index contributed by atoms with van der Waals surface area (Å²) in [4.78, 5) is 42.9. The molecule has 35 heavy (non-hydrogen) atoms. The molecule has 0 unspecified atom stereocenters. The number of hydrogen-bond donors (Lipinski definition) is 1. The Kier molecular flexibility index (Phi) is 8.22. The highest BCUT2D eigenvalue weighted by Crippen LogP contribution is 2.36. The van der Waals surface area contributed by atoms with Gasteiger partial charge in [-0.3, -0.25) is 18.7 Å². The zero-order chi connectivity index (χ0) is 25.7. The number of nitrogens with one attached hydrogen (secondary N) is 1. The van der Waals surface area contributed by atoms with Crippen molar-refractivity contribution in [2.75, 3.05) is 0 Å². The fourth-order valence-electron chi connectivity index (χ4n) is 3.36. The van der Waals surface area contributed by atoms with Gasteiger partial charge >= 0.3 is 11.7 Å². The van der Waals surface area contributed by atoms with Crippen LogP contribution in [0.3, 0.4) is 0 Å². The minimum absolute atomic E-state index is 0.00130. The highest BCUT2D eigenvalue weighted by atomic mass is 19.2. The van der Waals surface area contributed by atoms with Crippen molar-refractivity contribution in [3.63, 3.8) is 0 Å². The predicted molar refractivity (Wildman–Crippen MR) is 127 cm³/mol. The van der Waals surface area contributed by atoms with E-state index in [2.05, 4.69) is 26.5 Å². The van der Waals surface area contributed by atoms with E-state index in [0.29, 0.717) is 17.0 Å². The second-order valence-electron chi connectivity index (χ2n) is 7.90. The lowest BCUT2D eigenvalue weighted by Crippen LogP contribution is -2.39. The van der Waals surface area contributed by atoms with E-state index in [9.17, 15) is 23.2 Å². The number of nitrogens with zero attached hydrogens (tertiary/aromatic N) is 3. The number of halogens is 2. The molecule has 2 heterocycles. The van der Waals surface area contributed by atoms with Crippen LogP contribution >= 0.6 is 0 Å². The van der Waals surface area contributed by atoms with Crippen LogP contribution in [0, 0.1) is 23.5 Å². The summed E-state index contributed by atoms with van der Waals surface area (Å²) < 4.78 is 32.4. The Balaban J connectivity index is 0.000000210. The summed E-state index contributed by atoms with van der Waals surface area (Å²) in [5.74, 6) is 3.73. The molecule has 5 rings (SSSR count). The fraction of sp³-hybridized carbons (Fsp3) is 0.440. The molecule has 2 fully saturated rings. The van der Waals surface area contributed by atoms with Crippen molar-refractivity contribution in [3.05, 3.63) is 56.5 Å². The Morgan fingerprint density at radius 3 is 2.29 bits per heavy atom. The van der Waals surface area contributed by atoms with Crippen LogP contribution in [0.2, 0.25) is 0 Å². The van der Waals surface area contributed by atoms with Gasteiger partial charge in [0, 0.05) is 31.5 Å². The molecule has 0 radical (unpaired) electrons. The molecule has 1 N–H and O–H groups in total. The number of benzene rings is 1. The molecule has 2 aromatic heterocycles. The van der Waals surface area contributed by atoms with Crippen LogP contribution in [0.4, 0.5) is 8.78 Å². The average Bonchev–Trinajstić information content (AvgIpc) is 3.76. The topological polar surface area (TPSA) is 99.0 Å². The fourth-order valence-corrected chi connectivity index (χ4v) is 3.36. The molecule has 0 amide bonds. The van der Waals surface area contributed by atoms with Crippen molar-refractivity contribution >= 4 is 17.1 Å². The minimum Gasteiger partial charge on any atom is -0.427 e. The van der Waals surface area contributed by atoms with Crippen molar-refractivity contribution in [3.8, 4) is 17.6 Å². The number of rotatable bonds is 3. The van der Waals surface area contributed by atoms with Gasteiger partial charge in [-0.15, -0.1) is 0 Å². The van der Waals surface area contributed by atoms with Crippen molar-refractivity contribution in [2.45, 2.75) is 71.9 Å². The van der Waals surface area contributed by atoms with E-state index in [1.807, 2.05) is 20.8 Å². The first-order chi connectivity index (χ1) is 16.8. The van der Waals surface area contributed by atoms with E-state index < -0.39 is 17.6 Å². The molecule has 0 atom stereocenters. The van der Waals surface area contributed by atoms with Gasteiger partial charge in [-0.1, -0.05) is 26.7 Å². The van der Waals surface area contributed by atoms with Crippen molar-refractivity contribution < 1.29 is 18.3 Å². The van der Waals surface area contributed by atoms with Gasteiger partial charge in [0.1, 0.15) is 5.75 Å². The molecule has 0 saturated heterocycles. The Morgan fingerprint density at radius 1 is 1.11 bits per heavy atom. The highest BCUT2D eigenvalue weighted by Gasteiger charge is 2.34. The standard InChI is InChI=1S/C15H16N4O2.C8H6F2O2.C2H6/c1-2-3-4-11-16-12-13(17-11)18(9-5-6-9)15(21)19(14(12)20)10-7-8-10;1-5(11)12-6-2-3-7(9)8(10)4-6;1-2/h9-10H,2,5-8H2,1H3,(H,16,17);2-4H,1H3;1-2H3. The van der Waals surface area contributed by atoms with E-state index in [4.69, 9.17) is 0 Å². The number of aromatic nitrogens is 4. The molecule has 186 valence electrons. The molecular formula is C25H28F2N4O4. The molecule has 1 aromatic carbocycles. The first-order valence-corrected chi connectivity index (χ1v) is 11.7. The number of carbonyl (C=O) groups excluding carboxylic acids is 1. The van der Waals surface area contributed by atoms with E-state index >= 15 is 0 Å². The summed E-state index contributed by atoms with van der Waals surface area (Å²) in [5.41, 5.74) is 0.407. The van der Waals surface area contributed by atoms with Crippen LogP contribution in [0.1, 0.15) is 77.7 Å². The molecule has 0 bridgehead atoms. The van der Waals surface area contributed by atoms with Gasteiger partial charge in [0.05, 0.1) is 0 Å². The molecule has 2 aliphatic carbocycles. The Labute approximate surface area is 200 Å². The molecule has 3 aromatic rings. The second-order valence-corrected chi connectivity index (χ2v) is 7.90. The number of carbonyl (C=O) groups is 1. The third kappa shape index (κ3) is 6.04. The summed E-state index contributed by atoms with van der Waals surface area (Å²) in [5, 5.41) is 0. The van der Waals surface area contributed by atoms with Crippen LogP contribution in [0.25, 0.3) is 11.2 Å². The quantitative estimate of drug-likeness (QED) is 0.339. The van der Waals surface area contributed by atoms with Gasteiger partial charge < -0.3 is 9.72 Å². The lowest BCUT2D eigenvalue weighted by molar-refractivity contribution is -0.131. The maximum Gasteiger partial charge on any atom is 0.333 e. The molecule has 2 saturated carbocycles. The summed E-state index contributed by atoms with van der Waals surface area (Å²) in [6, 6.07) is 3.14. The SMILES string of the molecule is CC.CC(=O)Oc1ccc(F)c(F)c1.CCC#Cc1nc2c([nH]1)c(=O)n(C1CC1)c(=O)n2C1CC1. The smallest absolute Gasteiger partial charge is 0.333 e. The van der Waals surface area contributed by atoms with Crippen LogP contribution in [0.5, 0.6) is 5.75 Å². The molecule has 10 heteroatoms. The third-order valence-corrected chi connectivity index (χ3v) is 5.12. The normalized spacial score (nSPS) is 14.1. The van der Waals surface area contributed by atoms with Gasteiger partial charge in [0.2, 0.25) is 0 Å². The van der Waals surface area contributed by atoms with Crippen molar-refractivity contribution in [1.82, 2.24) is 19.1 Å². The van der Waals surface area contributed by atoms with Gasteiger partial charge in [0.25, 0.3) is 5.56 Å². The minimum atomic E-state index is -1.03. The van der Waals surface area contributed by atoms with Crippen molar-refractivity contribution in [2.24, 2.45) is 0 Å². The number of fused-ring (bicyclic) bond motifs is 1. The summed E-state index contributed by atoms with van der Waals surface area (Å²) in [6.45, 7) is 7.14. The zero-order valence-corrected chi connectivity index (χ0v) is 20.2. The Bertz CT molecular complexity index is 1400. The van der Waals surface area contributed by atoms with E-state index in [-0.39, 0.29) is 29.1 Å². The largest absolute Gasteiger partial charge is 0.427 e. The number of hydrogen-bond acceptors (Lipinski definition) is 5. The van der Waals surface area contributed by atoms with Crippen LogP contribution in [-0.4, -0.2) is 25.1 Å². The van der Waals surface area contributed by atoms with E-state index in [1.165, 1.54) is 17.6 Å². The average molecular weight is 487 g/mol. The molecular weight excluding hydrogens is 458 g/mol. The van der Waals surface area contributed by atoms with Crippen LogP contribution in [0.15, 0.2) is 27.8 Å². The zero-order valence-electron chi connectivity index (χ0n) is 20.2. The maximum absolute atomic E-state index is 12.6. The maximum atomic E-state index is 12.6. The number of aromatic amines is 1. The van der Waals surface area contributed by atoms with Gasteiger partial charge in [-0.25, -0.2) is 18.6 Å². The first kappa shape index (κ1) is 25.9. The lowest BCUT2D eigenvalue weighted by atomic mass is 10.3. The molecule has 0 spiro atoms. The Hall–Kier alpha value is -3.74. The number of ether oxygens (including phenoxy) is 1. The highest BCUT2D eigenvalue weighted by molar-refractivity contribution is 5.71. The van der Waals surface area contributed by atoms with Crippen LogP contribution < -0.4 is 16.0 Å². The Morgan fingerprint density at radius 2 is 1.74 bits per heavy atom. The van der Waals surface area contributed by atoms with Crippen molar-refractivity contribution in [1.29, 1.82) is 0 Å². The lowest BCUT2D eigenvalue weighted by Gasteiger charge is -2.09. The monoisotopic (exact) mass is 486 g/mol. The van der Waals surface area contributed by atoms with E-state index in [1.54, 1.807) is 4.57 Å². The van der Waals surface area contributed by atoms with Crippen LogP contribution in [-0.2, 0) is 4.79 Å². The number of imidazole rings is 1. The van der Waals surface area contributed by atoms with E-state index in [0.717, 1.165) is 44.2 Å². The predicted octanol–water partition coefficient (Wildman–Crippen LogP) is 4.23. The molecule has 2 aliphatic rings. The summed E-state index contributed by atoms with van der Waals surface area (Å²) >= 11 is 0. The molecule has 8 nitrogen and oxygen atoms in total. The number of esters is 1. The van der Waals surface area contributed by atoms with Gasteiger partial charge in [-0.05, 0) is 43.7 Å². The van der Waals surface area contributed by atoms with Gasteiger partial charge in [-0.2, -0.15) is 0 Å². The van der Waals surface area contributed by atoms with Gasteiger partial charge in [0.15, 0.2) is 28.6 Å². The third-order valence-electron chi connectivity index (χ3n) is 5.12. The summed E-state index contributed by atoms with van der Waals surface area (Å²) in [7, 11) is 0. The number of H-pyrrole nitrogens is 1. The second kappa shape index (κ2) is 11.1. The molecule has 0 aliphatic heterocycles. The summed E-state index contributed by atoms with van der Waals surface area (Å²) in [6.07, 6.45) is 4.48. The first-order valence-electron chi connectivity index (χ1n) is 11.7.